The van der Waals surface area contributed by atoms with E-state index in [1.54, 1.807) is 14.2 Å². The Labute approximate surface area is 384 Å². The van der Waals surface area contributed by atoms with Gasteiger partial charge in [-0.1, -0.05) is 96.8 Å². The number of hydrogen-bond acceptors (Lipinski definition) is 13. The van der Waals surface area contributed by atoms with Crippen molar-refractivity contribution in [1.29, 1.82) is 0 Å². The lowest BCUT2D eigenvalue weighted by Gasteiger charge is -2.14. The lowest BCUT2D eigenvalue weighted by molar-refractivity contribution is -0.142. The molecule has 17 nitrogen and oxygen atoms in total. The maximum Gasteiger partial charge on any atom is 0.326 e. The molecule has 0 aromatic heterocycles. The third-order valence-electron chi connectivity index (χ3n) is 10.4. The second-order valence-corrected chi connectivity index (χ2v) is 16.2. The Bertz CT molecular complexity index is 1210. The van der Waals surface area contributed by atoms with Crippen LogP contribution in [-0.4, -0.2) is 137 Å². The summed E-state index contributed by atoms with van der Waals surface area (Å²) in [6.07, 6.45) is 22.1. The predicted octanol–water partition coefficient (Wildman–Crippen LogP) is 5.86. The molecule has 0 radical (unpaired) electrons. The summed E-state index contributed by atoms with van der Waals surface area (Å²) in [5.41, 5.74) is 5.36. The van der Waals surface area contributed by atoms with Gasteiger partial charge in [-0.3, -0.25) is 28.8 Å². The van der Waals surface area contributed by atoms with Crippen molar-refractivity contribution in [3.63, 3.8) is 0 Å². The van der Waals surface area contributed by atoms with E-state index in [1.165, 1.54) is 44.9 Å². The molecule has 0 aliphatic carbocycles. The molecule has 0 spiro atoms. The Morgan fingerprint density at radius 1 is 0.531 bits per heavy atom. The lowest BCUT2D eigenvalue weighted by atomic mass is 10.0. The molecule has 2 amide bonds. The van der Waals surface area contributed by atoms with Crippen LogP contribution in [0.5, 0.6) is 0 Å². The van der Waals surface area contributed by atoms with Crippen molar-refractivity contribution in [3.8, 4) is 0 Å². The number of unbranched alkanes of at least 4 members (excludes halogenated alkanes) is 15. The Balaban J connectivity index is 0. The van der Waals surface area contributed by atoms with Crippen LogP contribution in [0.25, 0.3) is 0 Å². The highest BCUT2D eigenvalue weighted by Gasteiger charge is 2.21. The molecule has 0 rings (SSSR count). The minimum Gasteiger partial charge on any atom is -0.481 e. The second kappa shape index (κ2) is 47.6. The SMILES string of the molecule is CCCOCC(=O)NCCOCCOCC(=O)CCCCC[C@H](NC)C(=O)CN.COCCCC(=O)CC[C@H](NC(=O)CCCCCCCCCCCCCCCCC(=O)O)C(=O)O. The van der Waals surface area contributed by atoms with E-state index in [-0.39, 0.29) is 74.2 Å². The monoisotopic (exact) mass is 917 g/mol. The molecule has 0 aliphatic heterocycles. The average molecular weight is 917 g/mol. The molecule has 374 valence electrons. The number of ketones is 3. The van der Waals surface area contributed by atoms with E-state index in [2.05, 4.69) is 16.0 Å². The quantitative estimate of drug-likeness (QED) is 0.0391. The summed E-state index contributed by atoms with van der Waals surface area (Å²) in [5.74, 6) is -2.14. The summed E-state index contributed by atoms with van der Waals surface area (Å²) in [4.78, 5) is 80.4. The molecular formula is C47H88N4O13. The van der Waals surface area contributed by atoms with Gasteiger partial charge in [-0.15, -0.1) is 0 Å². The number of aliphatic carboxylic acids is 2. The largest absolute Gasteiger partial charge is 0.481 e. The number of rotatable bonds is 47. The van der Waals surface area contributed by atoms with Crippen LogP contribution >= 0.6 is 0 Å². The molecule has 0 bridgehead atoms. The van der Waals surface area contributed by atoms with E-state index >= 15 is 0 Å². The van der Waals surface area contributed by atoms with Gasteiger partial charge in [0.2, 0.25) is 11.8 Å². The molecule has 0 aromatic carbocycles. The van der Waals surface area contributed by atoms with Crippen LogP contribution in [0.4, 0.5) is 0 Å². The van der Waals surface area contributed by atoms with Crippen molar-refractivity contribution in [2.45, 2.75) is 186 Å². The number of carbonyl (C=O) groups is 7. The molecule has 0 aromatic rings. The van der Waals surface area contributed by atoms with Crippen molar-refractivity contribution < 1.29 is 62.7 Å². The number of nitrogens with two attached hydrogens (primary N) is 1. The van der Waals surface area contributed by atoms with Crippen molar-refractivity contribution in [2.75, 3.05) is 73.5 Å². The number of carboxylic acid groups (broad SMARTS) is 2. The van der Waals surface area contributed by atoms with Crippen molar-refractivity contribution >= 4 is 41.1 Å². The van der Waals surface area contributed by atoms with Gasteiger partial charge in [-0.25, -0.2) is 4.79 Å². The summed E-state index contributed by atoms with van der Waals surface area (Å²) in [5, 5.41) is 26.1. The molecule has 17 heteroatoms. The first kappa shape index (κ1) is 62.7. The van der Waals surface area contributed by atoms with Crippen LogP contribution in [-0.2, 0) is 52.5 Å². The van der Waals surface area contributed by atoms with Crippen molar-refractivity contribution in [3.05, 3.63) is 0 Å². The number of likely N-dealkylation sites (N-methyl/N-ethyl adjacent to an activating group) is 1. The smallest absolute Gasteiger partial charge is 0.326 e. The maximum atomic E-state index is 12.1. The third kappa shape index (κ3) is 45.2. The van der Waals surface area contributed by atoms with E-state index in [9.17, 15) is 38.7 Å². The number of carboxylic acids is 2. The number of nitrogens with one attached hydrogen (secondary N) is 3. The highest BCUT2D eigenvalue weighted by molar-refractivity contribution is 5.86. The number of hydrogen-bond donors (Lipinski definition) is 6. The number of ether oxygens (including phenoxy) is 4. The topological polar surface area (TPSA) is 259 Å². The molecule has 7 N–H and O–H groups in total. The summed E-state index contributed by atoms with van der Waals surface area (Å²) in [6, 6.07) is -1.20. The van der Waals surface area contributed by atoms with Crippen molar-refractivity contribution in [1.82, 2.24) is 16.0 Å². The molecule has 0 fully saturated rings. The van der Waals surface area contributed by atoms with Gasteiger partial charge in [0.05, 0.1) is 32.4 Å². The minimum absolute atomic E-state index is 0.00693. The van der Waals surface area contributed by atoms with Gasteiger partial charge in [0.1, 0.15) is 25.0 Å². The van der Waals surface area contributed by atoms with Crippen LogP contribution in [0.2, 0.25) is 0 Å². The zero-order chi connectivity index (χ0) is 47.9. The molecule has 0 unspecified atom stereocenters. The van der Waals surface area contributed by atoms with Crippen LogP contribution in [0, 0.1) is 0 Å². The van der Waals surface area contributed by atoms with E-state index in [1.807, 2.05) is 6.92 Å². The van der Waals surface area contributed by atoms with Gasteiger partial charge in [-0.05, 0) is 52.0 Å². The first-order chi connectivity index (χ1) is 30.9. The predicted molar refractivity (Wildman–Crippen MR) is 247 cm³/mol. The standard InChI is InChI=1S/C27H49NO7.C20H39N3O6/c1-35-22-16-17-23(29)20-21-24(27(33)34)28-25(30)18-14-12-10-8-6-4-2-3-5-7-9-11-13-15-19-26(31)32;1-3-10-28-16-20(26)23-9-11-27-12-13-29-15-17(24)7-5-4-6-8-18(22-2)19(25)14-21/h24H,2-22H2,1H3,(H,28,30)(H,31,32)(H,33,34);18,22H,3-16,21H2,1-2H3,(H,23,26)/t24-;18-/m00/s1. The highest BCUT2D eigenvalue weighted by Crippen LogP contribution is 2.14. The number of methoxy groups -OCH3 is 1. The van der Waals surface area contributed by atoms with E-state index in [0.29, 0.717) is 65.3 Å². The molecule has 2 atom stereocenters. The van der Waals surface area contributed by atoms with Crippen LogP contribution in [0.15, 0.2) is 0 Å². The zero-order valence-electron chi connectivity index (χ0n) is 39.9. The van der Waals surface area contributed by atoms with Crippen LogP contribution < -0.4 is 21.7 Å². The summed E-state index contributed by atoms with van der Waals surface area (Å²) in [7, 11) is 3.32. The maximum absolute atomic E-state index is 12.1. The fourth-order valence-corrected chi connectivity index (χ4v) is 6.61. The van der Waals surface area contributed by atoms with E-state index in [0.717, 1.165) is 77.0 Å². The zero-order valence-corrected chi connectivity index (χ0v) is 39.9. The minimum atomic E-state index is -1.10. The van der Waals surface area contributed by atoms with Crippen LogP contribution in [0.3, 0.4) is 0 Å². The third-order valence-corrected chi connectivity index (χ3v) is 10.4. The fraction of sp³-hybridized carbons (Fsp3) is 0.851. The average Bonchev–Trinajstić information content (AvgIpc) is 3.27. The molecule has 0 saturated carbocycles. The van der Waals surface area contributed by atoms with Gasteiger partial charge in [-0.2, -0.15) is 0 Å². The molecule has 0 saturated heterocycles. The highest BCUT2D eigenvalue weighted by atomic mass is 16.5. The van der Waals surface area contributed by atoms with Crippen molar-refractivity contribution in [2.24, 2.45) is 5.73 Å². The lowest BCUT2D eigenvalue weighted by Crippen LogP contribution is -2.41. The Kier molecular flexibility index (Phi) is 46.7. The second-order valence-electron chi connectivity index (χ2n) is 16.2. The van der Waals surface area contributed by atoms with Gasteiger partial charge in [0.15, 0.2) is 11.6 Å². The Morgan fingerprint density at radius 2 is 1.06 bits per heavy atom. The Morgan fingerprint density at radius 3 is 1.61 bits per heavy atom. The normalized spacial score (nSPS) is 11.9. The number of Topliss-reactive ketones (excluding diaryl/α,β-unsaturated/α-hetero) is 3. The summed E-state index contributed by atoms with van der Waals surface area (Å²) in [6.45, 7) is 4.78. The van der Waals surface area contributed by atoms with Gasteiger partial charge >= 0.3 is 11.9 Å². The summed E-state index contributed by atoms with van der Waals surface area (Å²) < 4.78 is 20.7. The molecule has 0 heterocycles. The molecule has 64 heavy (non-hydrogen) atoms. The Hall–Kier alpha value is -3.35. The van der Waals surface area contributed by atoms with Gasteiger partial charge in [0, 0.05) is 59.0 Å². The molecular weight excluding hydrogens is 829 g/mol. The number of carbonyl (C=O) groups excluding carboxylic acids is 5. The molecule has 0 aliphatic rings. The fourth-order valence-electron chi connectivity index (χ4n) is 6.61. The number of amides is 2. The van der Waals surface area contributed by atoms with Crippen LogP contribution in [0.1, 0.15) is 174 Å². The van der Waals surface area contributed by atoms with E-state index < -0.39 is 18.0 Å². The first-order valence-corrected chi connectivity index (χ1v) is 24.1. The summed E-state index contributed by atoms with van der Waals surface area (Å²) >= 11 is 0. The van der Waals surface area contributed by atoms with Gasteiger partial charge in [0.25, 0.3) is 0 Å². The van der Waals surface area contributed by atoms with Gasteiger partial charge < -0.3 is 50.8 Å². The van der Waals surface area contributed by atoms with E-state index in [4.69, 9.17) is 29.8 Å². The first-order valence-electron chi connectivity index (χ1n) is 24.1.